The van der Waals surface area contributed by atoms with Crippen molar-refractivity contribution in [1.82, 2.24) is 0 Å². The fourth-order valence-corrected chi connectivity index (χ4v) is 1.43. The van der Waals surface area contributed by atoms with Crippen LogP contribution in [0.2, 0.25) is 0 Å². The van der Waals surface area contributed by atoms with E-state index in [1.807, 2.05) is 0 Å². The zero-order valence-corrected chi connectivity index (χ0v) is 6.30. The number of hydrogen-bond donors (Lipinski definition) is 1. The molecule has 0 radical (unpaired) electrons. The van der Waals surface area contributed by atoms with Gasteiger partial charge in [-0.2, -0.15) is 8.42 Å². The quantitative estimate of drug-likeness (QED) is 0.517. The van der Waals surface area contributed by atoms with Crippen LogP contribution in [0.1, 0.15) is 6.42 Å². The van der Waals surface area contributed by atoms with Crippen molar-refractivity contribution in [1.29, 1.82) is 0 Å². The molecular weight excluding hydrogens is 166 g/mol. The molecule has 0 aliphatic carbocycles. The van der Waals surface area contributed by atoms with Gasteiger partial charge in [-0.25, -0.2) is 0 Å². The largest absolute Gasteiger partial charge is 0.381 e. The maximum atomic E-state index is 10.6. The topological polar surface area (TPSA) is 84.9 Å². The van der Waals surface area contributed by atoms with Crippen molar-refractivity contribution in [3.8, 4) is 12.3 Å². The molecule has 2 N–H and O–H groups in total. The third-order valence-electron chi connectivity index (χ3n) is 1.00. The number of nitrogens with zero attached hydrogens (tertiary/aromatic N) is 2. The van der Waals surface area contributed by atoms with Crippen LogP contribution >= 0.6 is 0 Å². The minimum Gasteiger partial charge on any atom is -0.381 e. The zero-order valence-electron chi connectivity index (χ0n) is 5.48. The highest BCUT2D eigenvalue weighted by Crippen LogP contribution is 2.05. The number of rotatable bonds is 1. The van der Waals surface area contributed by atoms with E-state index >= 15 is 0 Å². The molecule has 0 saturated carbocycles. The van der Waals surface area contributed by atoms with Crippen LogP contribution in [0.5, 0.6) is 0 Å². The minimum absolute atomic E-state index is 0.0918. The molecule has 58 valence electrons. The minimum atomic E-state index is -3.71. The van der Waals surface area contributed by atoms with E-state index in [2.05, 4.69) is 14.7 Å². The smallest absolute Gasteiger partial charge is 0.365 e. The Morgan fingerprint density at radius 3 is 2.55 bits per heavy atom. The molecule has 0 bridgehead atoms. The first kappa shape index (κ1) is 7.75. The average molecular weight is 171 g/mol. The second-order valence-corrected chi connectivity index (χ2v) is 3.10. The van der Waals surface area contributed by atoms with Crippen molar-refractivity contribution >= 4 is 21.8 Å². The lowest BCUT2D eigenvalue weighted by atomic mass is 10.3. The van der Waals surface area contributed by atoms with Gasteiger partial charge in [0.15, 0.2) is 5.84 Å². The summed E-state index contributed by atoms with van der Waals surface area (Å²) in [7, 11) is -3.71. The lowest BCUT2D eigenvalue weighted by Gasteiger charge is -1.87. The standard InChI is InChI=1S/C5H5N3O2S/c1-2-3-4-5(6)8-11(9,10)7-4/h1H,3H2,(H2,6,8). The Labute approximate surface area is 64.2 Å². The Morgan fingerprint density at radius 1 is 1.55 bits per heavy atom. The summed E-state index contributed by atoms with van der Waals surface area (Å²) in [4.78, 5) is 0. The Bertz CT molecular complexity index is 371. The summed E-state index contributed by atoms with van der Waals surface area (Å²) >= 11 is 0. The third-order valence-corrected chi connectivity index (χ3v) is 1.88. The lowest BCUT2D eigenvalue weighted by molar-refractivity contribution is 0.601. The Morgan fingerprint density at radius 2 is 2.18 bits per heavy atom. The normalized spacial score (nSPS) is 20.3. The van der Waals surface area contributed by atoms with E-state index in [-0.39, 0.29) is 18.0 Å². The fraction of sp³-hybridized carbons (Fsp3) is 0.200. The van der Waals surface area contributed by atoms with Gasteiger partial charge in [-0.3, -0.25) is 0 Å². The third kappa shape index (κ3) is 1.56. The molecule has 0 aromatic carbocycles. The Kier molecular flexibility index (Phi) is 1.66. The summed E-state index contributed by atoms with van der Waals surface area (Å²) in [6.45, 7) is 0. The first-order valence-corrected chi connectivity index (χ1v) is 4.08. The Balaban J connectivity index is 3.06. The molecule has 5 nitrogen and oxygen atoms in total. The number of terminal acetylenes is 1. The first-order chi connectivity index (χ1) is 5.05. The number of hydrogen-bond acceptors (Lipinski definition) is 3. The van der Waals surface area contributed by atoms with E-state index < -0.39 is 10.2 Å². The summed E-state index contributed by atoms with van der Waals surface area (Å²) in [5.74, 6) is 2.11. The highest BCUT2D eigenvalue weighted by molar-refractivity contribution is 7.89. The van der Waals surface area contributed by atoms with Crippen LogP contribution in [0.3, 0.4) is 0 Å². The van der Waals surface area contributed by atoms with Gasteiger partial charge in [0.05, 0.1) is 6.42 Å². The second-order valence-electron chi connectivity index (χ2n) is 1.84. The average Bonchev–Trinajstić information content (AvgIpc) is 2.07. The molecule has 0 atom stereocenters. The van der Waals surface area contributed by atoms with Gasteiger partial charge in [0.2, 0.25) is 0 Å². The van der Waals surface area contributed by atoms with E-state index in [1.54, 1.807) is 0 Å². The molecule has 0 fully saturated rings. The Hall–Kier alpha value is -1.35. The van der Waals surface area contributed by atoms with Crippen molar-refractivity contribution in [2.24, 2.45) is 14.5 Å². The maximum Gasteiger partial charge on any atom is 0.365 e. The van der Waals surface area contributed by atoms with E-state index in [0.29, 0.717) is 0 Å². The molecule has 11 heavy (non-hydrogen) atoms. The molecule has 0 spiro atoms. The number of nitrogens with two attached hydrogens (primary N) is 1. The van der Waals surface area contributed by atoms with E-state index in [1.165, 1.54) is 0 Å². The fourth-order valence-electron chi connectivity index (χ4n) is 0.603. The molecule has 1 aliphatic heterocycles. The molecule has 6 heteroatoms. The summed E-state index contributed by atoms with van der Waals surface area (Å²) in [5, 5.41) is 0. The molecule has 0 unspecified atom stereocenters. The predicted octanol–water partition coefficient (Wildman–Crippen LogP) is -0.934. The van der Waals surface area contributed by atoms with Crippen molar-refractivity contribution < 1.29 is 8.42 Å². The summed E-state index contributed by atoms with van der Waals surface area (Å²) in [5.41, 5.74) is 5.33. The first-order valence-electron chi connectivity index (χ1n) is 2.68. The van der Waals surface area contributed by atoms with Gasteiger partial charge in [-0.05, 0) is 0 Å². The monoisotopic (exact) mass is 171 g/mol. The van der Waals surface area contributed by atoms with E-state index in [0.717, 1.165) is 0 Å². The zero-order chi connectivity index (χ0) is 8.48. The van der Waals surface area contributed by atoms with Crippen molar-refractivity contribution in [3.05, 3.63) is 0 Å². The molecule has 1 heterocycles. The van der Waals surface area contributed by atoms with Crippen LogP contribution in [0, 0.1) is 12.3 Å². The van der Waals surface area contributed by atoms with Gasteiger partial charge >= 0.3 is 10.2 Å². The van der Waals surface area contributed by atoms with Gasteiger partial charge in [-0.1, -0.05) is 0 Å². The molecule has 0 saturated heterocycles. The number of amidine groups is 1. The van der Waals surface area contributed by atoms with Crippen LogP contribution in [0.15, 0.2) is 8.80 Å². The van der Waals surface area contributed by atoms with Gasteiger partial charge < -0.3 is 5.73 Å². The van der Waals surface area contributed by atoms with E-state index in [4.69, 9.17) is 12.2 Å². The molecule has 1 aliphatic rings. The molecule has 1 rings (SSSR count). The van der Waals surface area contributed by atoms with Crippen molar-refractivity contribution in [3.63, 3.8) is 0 Å². The van der Waals surface area contributed by atoms with Gasteiger partial charge in [0.1, 0.15) is 5.71 Å². The summed E-state index contributed by atoms with van der Waals surface area (Å²) < 4.78 is 27.5. The second kappa shape index (κ2) is 2.36. The van der Waals surface area contributed by atoms with Crippen molar-refractivity contribution in [2.45, 2.75) is 6.42 Å². The van der Waals surface area contributed by atoms with Gasteiger partial charge in [0, 0.05) is 0 Å². The molecule has 0 aromatic rings. The molecule has 0 aromatic heterocycles. The van der Waals surface area contributed by atoms with Crippen LogP contribution in [0.25, 0.3) is 0 Å². The van der Waals surface area contributed by atoms with Crippen LogP contribution in [0.4, 0.5) is 0 Å². The summed E-state index contributed by atoms with van der Waals surface area (Å²) in [6.07, 6.45) is 5.01. The van der Waals surface area contributed by atoms with Gasteiger partial charge in [0.25, 0.3) is 0 Å². The van der Waals surface area contributed by atoms with Gasteiger partial charge in [-0.15, -0.1) is 21.1 Å². The maximum absolute atomic E-state index is 10.6. The van der Waals surface area contributed by atoms with Crippen molar-refractivity contribution in [2.75, 3.05) is 0 Å². The highest BCUT2D eigenvalue weighted by Gasteiger charge is 2.19. The van der Waals surface area contributed by atoms with Crippen LogP contribution in [-0.4, -0.2) is 20.0 Å². The molecule has 0 amide bonds. The SMILES string of the molecule is C#CCC1=NS(=O)(=O)N=C1N. The summed E-state index contributed by atoms with van der Waals surface area (Å²) in [6, 6.07) is 0. The predicted molar refractivity (Wildman–Crippen MR) is 41.4 cm³/mol. The molecular formula is C5H5N3O2S. The lowest BCUT2D eigenvalue weighted by Crippen LogP contribution is -2.20. The van der Waals surface area contributed by atoms with E-state index in [9.17, 15) is 8.42 Å². The van der Waals surface area contributed by atoms with Crippen LogP contribution < -0.4 is 5.73 Å². The highest BCUT2D eigenvalue weighted by atomic mass is 32.2. The van der Waals surface area contributed by atoms with Crippen LogP contribution in [-0.2, 0) is 10.2 Å².